The predicted molar refractivity (Wildman–Crippen MR) is 112 cm³/mol. The minimum absolute atomic E-state index is 0.00546. The number of carbonyl (C=O) groups excluding carboxylic acids is 1. The molecule has 11 heteroatoms. The lowest BCUT2D eigenvalue weighted by molar-refractivity contribution is -0.137. The Balaban J connectivity index is 1.64. The maximum Gasteiger partial charge on any atom is 0.417 e. The van der Waals surface area contributed by atoms with Gasteiger partial charge in [0.2, 0.25) is 15.9 Å². The van der Waals surface area contributed by atoms with Crippen molar-refractivity contribution in [2.24, 2.45) is 5.92 Å². The fraction of sp³-hybridized carbons (Fsp3) is 0.333. The van der Waals surface area contributed by atoms with Gasteiger partial charge < -0.3 is 5.32 Å². The molecule has 0 atom stereocenters. The van der Waals surface area contributed by atoms with Crippen LogP contribution in [0.1, 0.15) is 24.0 Å². The third-order valence-electron chi connectivity index (χ3n) is 5.21. The van der Waals surface area contributed by atoms with E-state index in [1.165, 1.54) is 0 Å². The van der Waals surface area contributed by atoms with E-state index in [2.05, 4.69) is 5.32 Å². The SMILES string of the molecule is N#CCc1ccc(NC(=O)C2CCN(S(=O)(=O)c3ccc(Cl)c(C(F)(F)F)c3)CC2)cc1. The maximum atomic E-state index is 13.1. The zero-order chi connectivity index (χ0) is 23.5. The molecule has 1 fully saturated rings. The lowest BCUT2D eigenvalue weighted by Crippen LogP contribution is -2.41. The second-order valence-electron chi connectivity index (χ2n) is 7.34. The van der Waals surface area contributed by atoms with Crippen LogP contribution in [0.15, 0.2) is 47.4 Å². The van der Waals surface area contributed by atoms with Gasteiger partial charge in [-0.15, -0.1) is 0 Å². The van der Waals surface area contributed by atoms with Crippen molar-refractivity contribution < 1.29 is 26.4 Å². The van der Waals surface area contributed by atoms with Crippen LogP contribution in [0.3, 0.4) is 0 Å². The lowest BCUT2D eigenvalue weighted by Gasteiger charge is -2.30. The van der Waals surface area contributed by atoms with Gasteiger partial charge in [-0.1, -0.05) is 23.7 Å². The Bertz CT molecular complexity index is 1140. The number of nitriles is 1. The van der Waals surface area contributed by atoms with E-state index >= 15 is 0 Å². The number of sulfonamides is 1. The molecule has 170 valence electrons. The van der Waals surface area contributed by atoms with E-state index in [9.17, 15) is 26.4 Å². The van der Waals surface area contributed by atoms with E-state index in [1.54, 1.807) is 24.3 Å². The standard InChI is InChI=1S/C21H19ClF3N3O3S/c22-19-6-5-17(13-18(19)21(23,24)25)32(30,31)28-11-8-15(9-12-28)20(29)27-16-3-1-14(2-4-16)7-10-26/h1-6,13,15H,7-9,11-12H2,(H,27,29). The third kappa shape index (κ3) is 5.41. The normalized spacial score (nSPS) is 15.8. The van der Waals surface area contributed by atoms with Gasteiger partial charge in [0.1, 0.15) is 0 Å². The number of piperidine rings is 1. The molecule has 32 heavy (non-hydrogen) atoms. The van der Waals surface area contributed by atoms with Gasteiger partial charge in [0, 0.05) is 24.7 Å². The summed E-state index contributed by atoms with van der Waals surface area (Å²) in [6.07, 6.45) is -4.05. The Morgan fingerprint density at radius 2 is 1.78 bits per heavy atom. The predicted octanol–water partition coefficient (Wildman–Crippen LogP) is 4.46. The Labute approximate surface area is 188 Å². The molecular formula is C21H19ClF3N3O3S. The summed E-state index contributed by atoms with van der Waals surface area (Å²) in [6, 6.07) is 11.4. The summed E-state index contributed by atoms with van der Waals surface area (Å²) in [5, 5.41) is 10.9. The van der Waals surface area contributed by atoms with E-state index in [4.69, 9.17) is 16.9 Å². The summed E-state index contributed by atoms with van der Waals surface area (Å²) < 4.78 is 66.0. The maximum absolute atomic E-state index is 13.1. The zero-order valence-electron chi connectivity index (χ0n) is 16.7. The molecule has 0 spiro atoms. The Morgan fingerprint density at radius 3 is 2.34 bits per heavy atom. The number of nitrogens with one attached hydrogen (secondary N) is 1. The highest BCUT2D eigenvalue weighted by Gasteiger charge is 2.37. The van der Waals surface area contributed by atoms with Crippen LogP contribution < -0.4 is 5.32 Å². The average molecular weight is 486 g/mol. The van der Waals surface area contributed by atoms with Gasteiger partial charge in [0.15, 0.2) is 0 Å². The summed E-state index contributed by atoms with van der Waals surface area (Å²) >= 11 is 5.57. The smallest absolute Gasteiger partial charge is 0.326 e. The van der Waals surface area contributed by atoms with Crippen molar-refractivity contribution in [3.05, 3.63) is 58.6 Å². The molecule has 0 radical (unpaired) electrons. The molecular weight excluding hydrogens is 467 g/mol. The first kappa shape index (κ1) is 24.0. The first-order valence-electron chi connectivity index (χ1n) is 9.66. The molecule has 1 aliphatic heterocycles. The van der Waals surface area contributed by atoms with Crippen LogP contribution in [0.5, 0.6) is 0 Å². The van der Waals surface area contributed by atoms with Crippen molar-refractivity contribution in [3.8, 4) is 6.07 Å². The Morgan fingerprint density at radius 1 is 1.16 bits per heavy atom. The summed E-state index contributed by atoms with van der Waals surface area (Å²) in [4.78, 5) is 12.0. The number of rotatable bonds is 5. The molecule has 6 nitrogen and oxygen atoms in total. The van der Waals surface area contributed by atoms with Gasteiger partial charge in [0.05, 0.1) is 28.0 Å². The van der Waals surface area contributed by atoms with E-state index in [0.717, 1.165) is 22.0 Å². The minimum Gasteiger partial charge on any atom is -0.326 e. The highest BCUT2D eigenvalue weighted by molar-refractivity contribution is 7.89. The van der Waals surface area contributed by atoms with Crippen LogP contribution in [0.25, 0.3) is 0 Å². The molecule has 1 amide bonds. The van der Waals surface area contributed by atoms with Crippen LogP contribution >= 0.6 is 11.6 Å². The summed E-state index contributed by atoms with van der Waals surface area (Å²) in [5.41, 5.74) is 0.169. The highest BCUT2D eigenvalue weighted by Crippen LogP contribution is 2.36. The Kier molecular flexibility index (Phi) is 7.12. The van der Waals surface area contributed by atoms with Crippen molar-refractivity contribution in [2.45, 2.75) is 30.3 Å². The van der Waals surface area contributed by atoms with Gasteiger partial charge in [-0.05, 0) is 48.7 Å². The molecule has 3 rings (SSSR count). The average Bonchev–Trinajstić information content (AvgIpc) is 2.74. The van der Waals surface area contributed by atoms with Crippen molar-refractivity contribution >= 4 is 33.2 Å². The van der Waals surface area contributed by atoms with Crippen molar-refractivity contribution in [3.63, 3.8) is 0 Å². The highest BCUT2D eigenvalue weighted by atomic mass is 35.5. The lowest BCUT2D eigenvalue weighted by atomic mass is 9.97. The van der Waals surface area contributed by atoms with Crippen molar-refractivity contribution in [2.75, 3.05) is 18.4 Å². The number of anilines is 1. The van der Waals surface area contributed by atoms with Crippen LogP contribution in [0, 0.1) is 17.2 Å². The number of alkyl halides is 3. The van der Waals surface area contributed by atoms with Gasteiger partial charge in [-0.25, -0.2) is 8.42 Å². The number of hydrogen-bond donors (Lipinski definition) is 1. The number of nitrogens with zero attached hydrogens (tertiary/aromatic N) is 2. The van der Waals surface area contributed by atoms with Gasteiger partial charge in [-0.3, -0.25) is 4.79 Å². The minimum atomic E-state index is -4.78. The fourth-order valence-electron chi connectivity index (χ4n) is 3.43. The fourth-order valence-corrected chi connectivity index (χ4v) is 5.15. The van der Waals surface area contributed by atoms with E-state index in [-0.39, 0.29) is 38.3 Å². The van der Waals surface area contributed by atoms with Crippen LogP contribution in [-0.4, -0.2) is 31.7 Å². The second kappa shape index (κ2) is 9.48. The van der Waals surface area contributed by atoms with Crippen LogP contribution in [-0.2, 0) is 27.4 Å². The number of halogens is 4. The Hall–Kier alpha value is -2.61. The molecule has 1 N–H and O–H groups in total. The van der Waals surface area contributed by atoms with Crippen molar-refractivity contribution in [1.82, 2.24) is 4.31 Å². The van der Waals surface area contributed by atoms with Gasteiger partial charge in [-0.2, -0.15) is 22.7 Å². The van der Waals surface area contributed by atoms with Crippen LogP contribution in [0.2, 0.25) is 5.02 Å². The monoisotopic (exact) mass is 485 g/mol. The van der Waals surface area contributed by atoms with E-state index < -0.39 is 37.6 Å². The molecule has 0 aromatic heterocycles. The van der Waals surface area contributed by atoms with Gasteiger partial charge >= 0.3 is 6.18 Å². The van der Waals surface area contributed by atoms with E-state index in [0.29, 0.717) is 11.8 Å². The number of benzene rings is 2. The molecule has 2 aromatic rings. The topological polar surface area (TPSA) is 90.3 Å². The molecule has 0 unspecified atom stereocenters. The second-order valence-corrected chi connectivity index (χ2v) is 9.68. The first-order chi connectivity index (χ1) is 15.0. The number of carbonyl (C=O) groups is 1. The number of hydrogen-bond acceptors (Lipinski definition) is 4. The molecule has 1 saturated heterocycles. The largest absolute Gasteiger partial charge is 0.417 e. The zero-order valence-corrected chi connectivity index (χ0v) is 18.3. The molecule has 0 bridgehead atoms. The molecule has 2 aromatic carbocycles. The molecule has 0 aliphatic carbocycles. The molecule has 1 heterocycles. The van der Waals surface area contributed by atoms with Gasteiger partial charge in [0.25, 0.3) is 0 Å². The summed E-state index contributed by atoms with van der Waals surface area (Å²) in [5.74, 6) is -0.697. The molecule has 0 saturated carbocycles. The summed E-state index contributed by atoms with van der Waals surface area (Å²) in [6.45, 7) is 0.0109. The number of amides is 1. The van der Waals surface area contributed by atoms with E-state index in [1.807, 2.05) is 6.07 Å². The van der Waals surface area contributed by atoms with Crippen molar-refractivity contribution in [1.29, 1.82) is 5.26 Å². The first-order valence-corrected chi connectivity index (χ1v) is 11.5. The quantitative estimate of drug-likeness (QED) is 0.676. The third-order valence-corrected chi connectivity index (χ3v) is 7.43. The summed E-state index contributed by atoms with van der Waals surface area (Å²) in [7, 11) is -4.16. The molecule has 1 aliphatic rings. The van der Waals surface area contributed by atoms with Crippen LogP contribution in [0.4, 0.5) is 18.9 Å².